The average Bonchev–Trinajstić information content (AvgIpc) is 2.19. The van der Waals surface area contributed by atoms with Crippen LogP contribution in [0.1, 0.15) is 25.8 Å². The first kappa shape index (κ1) is 9.47. The number of hydrogen-bond donors (Lipinski definition) is 0. The maximum atomic E-state index is 5.66. The van der Waals surface area contributed by atoms with Gasteiger partial charge >= 0.3 is 0 Å². The van der Waals surface area contributed by atoms with Gasteiger partial charge in [0.25, 0.3) is 0 Å². The first-order valence-corrected chi connectivity index (χ1v) is 5.15. The van der Waals surface area contributed by atoms with Crippen LogP contribution in [0.25, 0.3) is 5.57 Å². The lowest BCUT2D eigenvalue weighted by Gasteiger charge is -2.25. The van der Waals surface area contributed by atoms with Crippen LogP contribution in [-0.2, 0) is 4.74 Å². The van der Waals surface area contributed by atoms with Crippen molar-refractivity contribution < 1.29 is 4.74 Å². The van der Waals surface area contributed by atoms with E-state index in [9.17, 15) is 0 Å². The summed E-state index contributed by atoms with van der Waals surface area (Å²) in [6.45, 7) is 5.20. The standard InChI is InChI=1S/C13H16O/c1-10-8-9-14-11(2)13(10)12-6-4-3-5-7-12/h3-7,11H,8-9H2,1-2H3. The highest BCUT2D eigenvalue weighted by atomic mass is 16.5. The van der Waals surface area contributed by atoms with E-state index < -0.39 is 0 Å². The smallest absolute Gasteiger partial charge is 0.0802 e. The SMILES string of the molecule is CC1=C(c2ccccc2)C(C)OCC1. The molecule has 1 heterocycles. The molecule has 1 aliphatic rings. The molecule has 1 aromatic rings. The third kappa shape index (κ3) is 1.73. The number of ether oxygens (including phenoxy) is 1. The van der Waals surface area contributed by atoms with Crippen molar-refractivity contribution in [3.8, 4) is 0 Å². The molecule has 0 N–H and O–H groups in total. The lowest BCUT2D eigenvalue weighted by Crippen LogP contribution is -2.18. The molecule has 0 aliphatic carbocycles. The number of benzene rings is 1. The van der Waals surface area contributed by atoms with Gasteiger partial charge in [0.15, 0.2) is 0 Å². The molecule has 2 rings (SSSR count). The predicted molar refractivity (Wildman–Crippen MR) is 59.1 cm³/mol. The Hall–Kier alpha value is -1.08. The summed E-state index contributed by atoms with van der Waals surface area (Å²) in [5.41, 5.74) is 4.14. The fourth-order valence-electron chi connectivity index (χ4n) is 2.05. The predicted octanol–water partition coefficient (Wildman–Crippen LogP) is 3.27. The molecule has 0 aromatic heterocycles. The van der Waals surface area contributed by atoms with E-state index in [1.807, 2.05) is 6.07 Å². The van der Waals surface area contributed by atoms with Crippen LogP contribution in [0.15, 0.2) is 35.9 Å². The minimum atomic E-state index is 0.242. The van der Waals surface area contributed by atoms with Crippen LogP contribution < -0.4 is 0 Å². The van der Waals surface area contributed by atoms with Crippen molar-refractivity contribution in [2.24, 2.45) is 0 Å². The molecule has 1 unspecified atom stereocenters. The van der Waals surface area contributed by atoms with Crippen molar-refractivity contribution in [2.75, 3.05) is 6.61 Å². The molecule has 0 saturated carbocycles. The molecule has 0 amide bonds. The summed E-state index contributed by atoms with van der Waals surface area (Å²) in [5.74, 6) is 0. The maximum absolute atomic E-state index is 5.66. The van der Waals surface area contributed by atoms with Gasteiger partial charge in [-0.3, -0.25) is 0 Å². The Kier molecular flexibility index (Phi) is 2.69. The Bertz CT molecular complexity index is 338. The lowest BCUT2D eigenvalue weighted by molar-refractivity contribution is 0.0970. The molecule has 0 fully saturated rings. The van der Waals surface area contributed by atoms with Crippen molar-refractivity contribution in [3.05, 3.63) is 41.5 Å². The van der Waals surface area contributed by atoms with Crippen LogP contribution in [-0.4, -0.2) is 12.7 Å². The third-order valence-electron chi connectivity index (χ3n) is 2.80. The molecule has 0 bridgehead atoms. The van der Waals surface area contributed by atoms with Gasteiger partial charge < -0.3 is 4.74 Å². The monoisotopic (exact) mass is 188 g/mol. The Balaban J connectivity index is 2.41. The van der Waals surface area contributed by atoms with E-state index in [-0.39, 0.29) is 6.10 Å². The van der Waals surface area contributed by atoms with Crippen molar-refractivity contribution in [1.82, 2.24) is 0 Å². The molecule has 74 valence electrons. The summed E-state index contributed by atoms with van der Waals surface area (Å²) in [6, 6.07) is 10.5. The van der Waals surface area contributed by atoms with Crippen LogP contribution in [0.5, 0.6) is 0 Å². The van der Waals surface area contributed by atoms with Gasteiger partial charge in [0.1, 0.15) is 0 Å². The zero-order chi connectivity index (χ0) is 9.97. The molecule has 1 atom stereocenters. The number of hydrogen-bond acceptors (Lipinski definition) is 1. The normalized spacial score (nSPS) is 22.6. The van der Waals surface area contributed by atoms with E-state index >= 15 is 0 Å². The maximum Gasteiger partial charge on any atom is 0.0802 e. The summed E-state index contributed by atoms with van der Waals surface area (Å²) in [7, 11) is 0. The van der Waals surface area contributed by atoms with Crippen molar-refractivity contribution in [2.45, 2.75) is 26.4 Å². The van der Waals surface area contributed by atoms with Gasteiger partial charge in [-0.2, -0.15) is 0 Å². The summed E-state index contributed by atoms with van der Waals surface area (Å²) in [5, 5.41) is 0. The summed E-state index contributed by atoms with van der Waals surface area (Å²) in [4.78, 5) is 0. The molecule has 0 spiro atoms. The summed E-state index contributed by atoms with van der Waals surface area (Å²) in [6.07, 6.45) is 1.31. The Morgan fingerprint density at radius 3 is 2.57 bits per heavy atom. The van der Waals surface area contributed by atoms with Crippen molar-refractivity contribution >= 4 is 5.57 Å². The topological polar surface area (TPSA) is 9.23 Å². The van der Waals surface area contributed by atoms with Gasteiger partial charge in [0.2, 0.25) is 0 Å². The zero-order valence-electron chi connectivity index (χ0n) is 8.79. The third-order valence-corrected chi connectivity index (χ3v) is 2.80. The minimum Gasteiger partial charge on any atom is -0.373 e. The van der Waals surface area contributed by atoms with Gasteiger partial charge in [-0.25, -0.2) is 0 Å². The fraction of sp³-hybridized carbons (Fsp3) is 0.385. The Morgan fingerprint density at radius 2 is 1.93 bits per heavy atom. The number of rotatable bonds is 1. The first-order valence-electron chi connectivity index (χ1n) is 5.15. The lowest BCUT2D eigenvalue weighted by atomic mass is 9.93. The van der Waals surface area contributed by atoms with Gasteiger partial charge in [0.05, 0.1) is 12.7 Å². The molecule has 1 aromatic carbocycles. The average molecular weight is 188 g/mol. The van der Waals surface area contributed by atoms with Gasteiger partial charge in [-0.05, 0) is 31.4 Å². The molecule has 1 aliphatic heterocycles. The van der Waals surface area contributed by atoms with Crippen LogP contribution in [0, 0.1) is 0 Å². The largest absolute Gasteiger partial charge is 0.373 e. The van der Waals surface area contributed by atoms with Gasteiger partial charge in [0, 0.05) is 0 Å². The summed E-state index contributed by atoms with van der Waals surface area (Å²) < 4.78 is 5.66. The van der Waals surface area contributed by atoms with Crippen LogP contribution in [0.2, 0.25) is 0 Å². The minimum absolute atomic E-state index is 0.242. The first-order chi connectivity index (χ1) is 6.79. The molecule has 0 saturated heterocycles. The molecular formula is C13H16O. The highest BCUT2D eigenvalue weighted by Gasteiger charge is 2.18. The highest BCUT2D eigenvalue weighted by molar-refractivity contribution is 5.71. The summed E-state index contributed by atoms with van der Waals surface area (Å²) >= 11 is 0. The highest BCUT2D eigenvalue weighted by Crippen LogP contribution is 2.29. The molecule has 0 radical (unpaired) electrons. The second kappa shape index (κ2) is 3.97. The molecule has 14 heavy (non-hydrogen) atoms. The van der Waals surface area contributed by atoms with E-state index in [4.69, 9.17) is 4.74 Å². The second-order valence-electron chi connectivity index (χ2n) is 3.82. The van der Waals surface area contributed by atoms with Crippen LogP contribution >= 0.6 is 0 Å². The van der Waals surface area contributed by atoms with E-state index in [1.54, 1.807) is 0 Å². The van der Waals surface area contributed by atoms with Crippen molar-refractivity contribution in [3.63, 3.8) is 0 Å². The zero-order valence-corrected chi connectivity index (χ0v) is 8.79. The van der Waals surface area contributed by atoms with E-state index in [1.165, 1.54) is 16.7 Å². The molecular weight excluding hydrogens is 172 g/mol. The second-order valence-corrected chi connectivity index (χ2v) is 3.82. The van der Waals surface area contributed by atoms with E-state index in [2.05, 4.69) is 38.1 Å². The molecule has 1 nitrogen and oxygen atoms in total. The van der Waals surface area contributed by atoms with E-state index in [0.29, 0.717) is 0 Å². The van der Waals surface area contributed by atoms with E-state index in [0.717, 1.165) is 13.0 Å². The van der Waals surface area contributed by atoms with Gasteiger partial charge in [-0.15, -0.1) is 0 Å². The quantitative estimate of drug-likeness (QED) is 0.657. The van der Waals surface area contributed by atoms with Gasteiger partial charge in [-0.1, -0.05) is 35.9 Å². The fourth-order valence-corrected chi connectivity index (χ4v) is 2.05. The van der Waals surface area contributed by atoms with Crippen LogP contribution in [0.4, 0.5) is 0 Å². The molecule has 1 heteroatoms. The Labute approximate surface area is 85.4 Å². The van der Waals surface area contributed by atoms with Crippen LogP contribution in [0.3, 0.4) is 0 Å². The van der Waals surface area contributed by atoms with Crippen molar-refractivity contribution in [1.29, 1.82) is 0 Å². The Morgan fingerprint density at radius 1 is 1.21 bits per heavy atom.